The van der Waals surface area contributed by atoms with Crippen LogP contribution in [0, 0.1) is 0 Å². The minimum atomic E-state index is 0.885. The summed E-state index contributed by atoms with van der Waals surface area (Å²) in [6, 6.07) is 56.4. The van der Waals surface area contributed by atoms with Gasteiger partial charge in [-0.05, 0) is 59.7 Å². The van der Waals surface area contributed by atoms with E-state index in [4.69, 9.17) is 4.42 Å². The largest absolute Gasteiger partial charge is 0.456 e. The SMILES string of the molecule is c1ccc(-c2cccc3oc4cccc(-n5c6ccccc6c6ccc(-n7c8ccccc8c8ccccc87)cc65)c4c23)cc1. The van der Waals surface area contributed by atoms with Crippen molar-refractivity contribution in [1.82, 2.24) is 9.13 Å². The maximum atomic E-state index is 6.54. The van der Waals surface area contributed by atoms with Crippen LogP contribution in [0.1, 0.15) is 0 Å². The minimum absolute atomic E-state index is 0.885. The molecule has 45 heavy (non-hydrogen) atoms. The molecular formula is C42H26N2O. The van der Waals surface area contributed by atoms with Gasteiger partial charge < -0.3 is 13.6 Å². The molecule has 0 aliphatic rings. The van der Waals surface area contributed by atoms with E-state index in [1.54, 1.807) is 0 Å². The third kappa shape index (κ3) is 3.41. The molecule has 0 bridgehead atoms. The van der Waals surface area contributed by atoms with Gasteiger partial charge in [0.1, 0.15) is 11.2 Å². The Morgan fingerprint density at radius 1 is 0.378 bits per heavy atom. The fraction of sp³-hybridized carbons (Fsp3) is 0. The molecule has 0 spiro atoms. The zero-order valence-electron chi connectivity index (χ0n) is 24.3. The molecule has 10 aromatic rings. The lowest BCUT2D eigenvalue weighted by Gasteiger charge is -2.13. The van der Waals surface area contributed by atoms with Gasteiger partial charge in [0.25, 0.3) is 0 Å². The van der Waals surface area contributed by atoms with Gasteiger partial charge in [-0.2, -0.15) is 0 Å². The molecule has 0 amide bonds. The molecule has 0 atom stereocenters. The van der Waals surface area contributed by atoms with Crippen molar-refractivity contribution in [2.75, 3.05) is 0 Å². The second kappa shape index (κ2) is 9.22. The number of hydrogen-bond acceptors (Lipinski definition) is 1. The van der Waals surface area contributed by atoms with Gasteiger partial charge in [-0.1, -0.05) is 109 Å². The molecule has 3 heterocycles. The summed E-state index contributed by atoms with van der Waals surface area (Å²) in [5.74, 6) is 0. The molecule has 0 unspecified atom stereocenters. The summed E-state index contributed by atoms with van der Waals surface area (Å²) in [7, 11) is 0. The van der Waals surface area contributed by atoms with Gasteiger partial charge in [0.15, 0.2) is 0 Å². The number of aromatic nitrogens is 2. The molecule has 7 aromatic carbocycles. The zero-order valence-corrected chi connectivity index (χ0v) is 24.3. The van der Waals surface area contributed by atoms with Crippen molar-refractivity contribution in [3.63, 3.8) is 0 Å². The van der Waals surface area contributed by atoms with Crippen molar-refractivity contribution in [2.45, 2.75) is 0 Å². The predicted molar refractivity (Wildman–Crippen MR) is 188 cm³/mol. The average Bonchev–Trinajstić information content (AvgIpc) is 3.76. The van der Waals surface area contributed by atoms with Gasteiger partial charge in [0.2, 0.25) is 0 Å². The number of fused-ring (bicyclic) bond motifs is 9. The van der Waals surface area contributed by atoms with Gasteiger partial charge in [0.05, 0.1) is 33.1 Å². The van der Waals surface area contributed by atoms with Crippen LogP contribution in [0.5, 0.6) is 0 Å². The summed E-state index contributed by atoms with van der Waals surface area (Å²) in [6.45, 7) is 0. The van der Waals surface area contributed by atoms with E-state index in [1.165, 1.54) is 49.2 Å². The number of para-hydroxylation sites is 3. The summed E-state index contributed by atoms with van der Waals surface area (Å²) >= 11 is 0. The highest BCUT2D eigenvalue weighted by atomic mass is 16.3. The Hall–Kier alpha value is -6.06. The maximum absolute atomic E-state index is 6.54. The Morgan fingerprint density at radius 3 is 1.62 bits per heavy atom. The molecule has 3 heteroatoms. The number of hydrogen-bond donors (Lipinski definition) is 0. The van der Waals surface area contributed by atoms with Crippen molar-refractivity contribution in [3.8, 4) is 22.5 Å². The standard InChI is InChI=1S/C42H26N2O/c1-2-12-27(13-3-1)29-17-10-22-39-41(29)42-37(21-11-23-40(42)45-39)44-36-20-9-6-16-32(36)33-25-24-28(26-38(33)44)43-34-18-7-4-14-30(34)31-15-5-8-19-35(31)43/h1-26H. The molecule has 0 aliphatic heterocycles. The average molecular weight is 575 g/mol. The van der Waals surface area contributed by atoms with Crippen molar-refractivity contribution in [3.05, 3.63) is 158 Å². The van der Waals surface area contributed by atoms with E-state index >= 15 is 0 Å². The van der Waals surface area contributed by atoms with Crippen LogP contribution in [0.15, 0.2) is 162 Å². The molecule has 10 rings (SSSR count). The summed E-state index contributed by atoms with van der Waals surface area (Å²) in [5.41, 5.74) is 11.1. The Kier molecular flexibility index (Phi) is 5.00. The van der Waals surface area contributed by atoms with Gasteiger partial charge in [-0.25, -0.2) is 0 Å². The number of furan rings is 1. The minimum Gasteiger partial charge on any atom is -0.456 e. The van der Waals surface area contributed by atoms with E-state index in [9.17, 15) is 0 Å². The predicted octanol–water partition coefficient (Wildman–Crippen LogP) is 11.4. The van der Waals surface area contributed by atoms with Crippen LogP contribution in [0.3, 0.4) is 0 Å². The Balaban J connectivity index is 1.34. The van der Waals surface area contributed by atoms with Crippen LogP contribution in [0.25, 0.3) is 88.1 Å². The van der Waals surface area contributed by atoms with Crippen LogP contribution in [0.2, 0.25) is 0 Å². The van der Waals surface area contributed by atoms with Crippen LogP contribution >= 0.6 is 0 Å². The first-order chi connectivity index (χ1) is 22.3. The molecule has 3 nitrogen and oxygen atoms in total. The van der Waals surface area contributed by atoms with E-state index in [0.29, 0.717) is 0 Å². The lowest BCUT2D eigenvalue weighted by atomic mass is 9.99. The fourth-order valence-electron chi connectivity index (χ4n) is 7.45. The van der Waals surface area contributed by atoms with Gasteiger partial charge in [-0.3, -0.25) is 0 Å². The first-order valence-electron chi connectivity index (χ1n) is 15.4. The summed E-state index contributed by atoms with van der Waals surface area (Å²) in [4.78, 5) is 0. The van der Waals surface area contributed by atoms with E-state index < -0.39 is 0 Å². The van der Waals surface area contributed by atoms with Crippen molar-refractivity contribution < 1.29 is 4.42 Å². The first kappa shape index (κ1) is 24.4. The van der Waals surface area contributed by atoms with Gasteiger partial charge >= 0.3 is 0 Å². The molecule has 0 N–H and O–H groups in total. The fourth-order valence-corrected chi connectivity index (χ4v) is 7.45. The van der Waals surface area contributed by atoms with Crippen LogP contribution in [0.4, 0.5) is 0 Å². The van der Waals surface area contributed by atoms with E-state index in [-0.39, 0.29) is 0 Å². The monoisotopic (exact) mass is 574 g/mol. The van der Waals surface area contributed by atoms with Crippen LogP contribution < -0.4 is 0 Å². The van der Waals surface area contributed by atoms with E-state index in [2.05, 4.69) is 167 Å². The molecule has 210 valence electrons. The smallest absolute Gasteiger partial charge is 0.137 e. The van der Waals surface area contributed by atoms with E-state index in [1.807, 2.05) is 0 Å². The summed E-state index contributed by atoms with van der Waals surface area (Å²) in [6.07, 6.45) is 0. The van der Waals surface area contributed by atoms with Crippen molar-refractivity contribution in [2.24, 2.45) is 0 Å². The highest BCUT2D eigenvalue weighted by molar-refractivity contribution is 6.18. The van der Waals surface area contributed by atoms with Crippen molar-refractivity contribution >= 4 is 65.6 Å². The zero-order chi connectivity index (χ0) is 29.5. The Morgan fingerprint density at radius 2 is 0.933 bits per heavy atom. The molecule has 0 fully saturated rings. The van der Waals surface area contributed by atoms with Gasteiger partial charge in [0, 0.05) is 32.6 Å². The molecule has 0 radical (unpaired) electrons. The third-order valence-corrected chi connectivity index (χ3v) is 9.32. The summed E-state index contributed by atoms with van der Waals surface area (Å²) in [5, 5.41) is 7.24. The number of nitrogens with zero attached hydrogens (tertiary/aromatic N) is 2. The lowest BCUT2D eigenvalue weighted by molar-refractivity contribution is 0.669. The molecule has 3 aromatic heterocycles. The highest BCUT2D eigenvalue weighted by Crippen LogP contribution is 2.43. The van der Waals surface area contributed by atoms with Crippen LogP contribution in [-0.2, 0) is 0 Å². The first-order valence-corrected chi connectivity index (χ1v) is 15.4. The lowest BCUT2D eigenvalue weighted by Crippen LogP contribution is -1.97. The maximum Gasteiger partial charge on any atom is 0.137 e. The quantitative estimate of drug-likeness (QED) is 0.206. The topological polar surface area (TPSA) is 23.0 Å². The number of rotatable bonds is 3. The Bertz CT molecular complexity index is 2710. The number of benzene rings is 7. The molecule has 0 saturated heterocycles. The highest BCUT2D eigenvalue weighted by Gasteiger charge is 2.21. The second-order valence-electron chi connectivity index (χ2n) is 11.7. The normalized spacial score (nSPS) is 12.0. The van der Waals surface area contributed by atoms with E-state index in [0.717, 1.165) is 38.8 Å². The second-order valence-corrected chi connectivity index (χ2v) is 11.7. The van der Waals surface area contributed by atoms with Crippen molar-refractivity contribution in [1.29, 1.82) is 0 Å². The molecule has 0 saturated carbocycles. The molecular weight excluding hydrogens is 548 g/mol. The Labute approximate surface area is 258 Å². The van der Waals surface area contributed by atoms with Crippen LogP contribution in [-0.4, -0.2) is 9.13 Å². The summed E-state index contributed by atoms with van der Waals surface area (Å²) < 4.78 is 11.4. The van der Waals surface area contributed by atoms with Gasteiger partial charge in [-0.15, -0.1) is 0 Å². The third-order valence-electron chi connectivity index (χ3n) is 9.32. The molecule has 0 aliphatic carbocycles.